The Morgan fingerprint density at radius 2 is 1.55 bits per heavy atom. The maximum Gasteiger partial charge on any atom is 0.310 e. The van der Waals surface area contributed by atoms with E-state index in [1.165, 1.54) is 0 Å². The molecule has 0 heterocycles. The van der Waals surface area contributed by atoms with Crippen molar-refractivity contribution in [2.24, 2.45) is 5.90 Å². The van der Waals surface area contributed by atoms with E-state index in [4.69, 9.17) is 5.90 Å². The van der Waals surface area contributed by atoms with Crippen molar-refractivity contribution >= 4 is 10.1 Å². The Bertz CT molecular complexity index is 674. The van der Waals surface area contributed by atoms with Gasteiger partial charge in [-0.3, -0.25) is 0 Å². The summed E-state index contributed by atoms with van der Waals surface area (Å²) in [6, 6.07) is 19.2. The number of rotatable bonds is 7. The lowest BCUT2D eigenvalue weighted by Crippen LogP contribution is -2.28. The van der Waals surface area contributed by atoms with Gasteiger partial charge >= 0.3 is 10.1 Å². The van der Waals surface area contributed by atoms with Gasteiger partial charge in [-0.2, -0.15) is 18.6 Å². The van der Waals surface area contributed by atoms with Crippen molar-refractivity contribution in [1.82, 2.24) is 0 Å². The molecule has 0 aliphatic carbocycles. The number of hydrogen-bond donors (Lipinski definition) is 2. The summed E-state index contributed by atoms with van der Waals surface area (Å²) < 4.78 is 27.0. The van der Waals surface area contributed by atoms with Crippen molar-refractivity contribution in [3.05, 3.63) is 71.8 Å². The second kappa shape index (κ2) is 7.51. The average Bonchev–Trinajstić information content (AvgIpc) is 2.56. The molecular weight excluding hydrogens is 302 g/mol. The molecule has 22 heavy (non-hydrogen) atoms. The van der Waals surface area contributed by atoms with Gasteiger partial charge in [0.05, 0.1) is 0 Å². The van der Waals surface area contributed by atoms with Crippen LogP contribution in [0.1, 0.15) is 23.5 Å². The predicted octanol–water partition coefficient (Wildman–Crippen LogP) is 1.94. The van der Waals surface area contributed by atoms with Crippen LogP contribution in [-0.2, 0) is 20.8 Å². The molecule has 2 rings (SSSR count). The first-order chi connectivity index (χ1) is 10.5. The monoisotopic (exact) mass is 321 g/mol. The molecule has 118 valence electrons. The molecule has 2 aromatic rings. The molecule has 0 saturated heterocycles. The van der Waals surface area contributed by atoms with Gasteiger partial charge in [-0.1, -0.05) is 60.7 Å². The van der Waals surface area contributed by atoms with E-state index in [0.717, 1.165) is 11.1 Å². The van der Waals surface area contributed by atoms with Crippen LogP contribution in [0.2, 0.25) is 0 Å². The van der Waals surface area contributed by atoms with Gasteiger partial charge in [0.1, 0.15) is 0 Å². The highest BCUT2D eigenvalue weighted by Gasteiger charge is 2.27. The average molecular weight is 321 g/mol. The highest BCUT2D eigenvalue weighted by molar-refractivity contribution is 7.87. The van der Waals surface area contributed by atoms with E-state index in [2.05, 4.69) is 4.28 Å². The Morgan fingerprint density at radius 1 is 1.00 bits per heavy atom. The Balaban J connectivity index is 2.23. The van der Waals surface area contributed by atoms with Gasteiger partial charge in [-0.15, -0.1) is 0 Å². The van der Waals surface area contributed by atoms with Crippen molar-refractivity contribution in [3.8, 4) is 0 Å². The molecule has 2 unspecified atom stereocenters. The van der Waals surface area contributed by atoms with Crippen LogP contribution in [-0.4, -0.2) is 19.0 Å². The summed E-state index contributed by atoms with van der Waals surface area (Å²) >= 11 is 0. The van der Waals surface area contributed by atoms with Crippen LogP contribution in [0.15, 0.2) is 60.7 Å². The normalized spacial score (nSPS) is 14.5. The fourth-order valence-electron chi connectivity index (χ4n) is 2.39. The summed E-state index contributed by atoms with van der Waals surface area (Å²) in [5, 5.41) is 9.89. The van der Waals surface area contributed by atoms with Crippen LogP contribution in [0.3, 0.4) is 0 Å². The molecule has 0 aliphatic heterocycles. The first-order valence-electron chi connectivity index (χ1n) is 6.92. The highest BCUT2D eigenvalue weighted by atomic mass is 32.2. The molecule has 3 N–H and O–H groups in total. The first kappa shape index (κ1) is 16.6. The van der Waals surface area contributed by atoms with Gasteiger partial charge in [-0.25, -0.2) is 0 Å². The topological polar surface area (TPSA) is 89.6 Å². The summed E-state index contributed by atoms with van der Waals surface area (Å²) in [7, 11) is -4.16. The number of nitrogens with two attached hydrogens (primary N) is 1. The van der Waals surface area contributed by atoms with Crippen molar-refractivity contribution in [1.29, 1.82) is 0 Å². The van der Waals surface area contributed by atoms with Gasteiger partial charge in [0.2, 0.25) is 0 Å². The first-order valence-corrected chi connectivity index (χ1v) is 8.39. The van der Waals surface area contributed by atoms with E-state index in [9.17, 15) is 13.5 Å². The second-order valence-corrected chi connectivity index (χ2v) is 6.80. The molecule has 0 fully saturated rings. The van der Waals surface area contributed by atoms with Crippen molar-refractivity contribution < 1.29 is 17.8 Å². The van der Waals surface area contributed by atoms with Gasteiger partial charge in [0.25, 0.3) is 0 Å². The Kier molecular flexibility index (Phi) is 5.68. The van der Waals surface area contributed by atoms with Gasteiger partial charge in [0, 0.05) is 0 Å². The van der Waals surface area contributed by atoms with Gasteiger partial charge in [-0.05, 0) is 29.9 Å². The van der Waals surface area contributed by atoms with Crippen LogP contribution in [0, 0.1) is 0 Å². The van der Waals surface area contributed by atoms with E-state index < -0.39 is 15.6 Å². The minimum Gasteiger partial charge on any atom is -0.375 e. The lowest BCUT2D eigenvalue weighted by molar-refractivity contribution is 0.196. The minimum absolute atomic E-state index is 0.0123. The molecule has 0 aliphatic rings. The van der Waals surface area contributed by atoms with E-state index in [0.29, 0.717) is 6.42 Å². The molecule has 6 heteroatoms. The molecule has 0 bridgehead atoms. The molecule has 0 amide bonds. The summed E-state index contributed by atoms with van der Waals surface area (Å²) in [5.41, 5.74) is 0.360. The Hall–Kier alpha value is -1.73. The molecule has 0 aromatic heterocycles. The predicted molar refractivity (Wildman–Crippen MR) is 84.1 cm³/mol. The lowest BCUT2D eigenvalue weighted by atomic mass is 9.89. The smallest absolute Gasteiger partial charge is 0.310 e. The van der Waals surface area contributed by atoms with Gasteiger partial charge in [0.15, 0.2) is 5.44 Å². The number of aliphatic hydroxyl groups is 1. The summed E-state index contributed by atoms with van der Waals surface area (Å²) in [6.45, 7) is 0. The quantitative estimate of drug-likeness (QED) is 0.761. The lowest BCUT2D eigenvalue weighted by Gasteiger charge is -2.20. The van der Waals surface area contributed by atoms with Crippen LogP contribution >= 0.6 is 0 Å². The highest BCUT2D eigenvalue weighted by Crippen LogP contribution is 2.27. The largest absolute Gasteiger partial charge is 0.375 e. The van der Waals surface area contributed by atoms with Gasteiger partial charge < -0.3 is 5.11 Å². The fourth-order valence-corrected chi connectivity index (χ4v) is 2.98. The Morgan fingerprint density at radius 3 is 2.09 bits per heavy atom. The van der Waals surface area contributed by atoms with Crippen LogP contribution in [0.25, 0.3) is 0 Å². The summed E-state index contributed by atoms with van der Waals surface area (Å²) in [6.07, 6.45) is 0.625. The Labute approximate surface area is 130 Å². The van der Waals surface area contributed by atoms with Crippen molar-refractivity contribution in [2.75, 3.05) is 0 Å². The SMILES string of the molecule is NOS(=O)(=O)C(O)CC(Cc1ccccc1)c1ccccc1. The van der Waals surface area contributed by atoms with E-state index in [1.54, 1.807) is 0 Å². The molecule has 5 nitrogen and oxygen atoms in total. The van der Waals surface area contributed by atoms with Crippen molar-refractivity contribution in [3.63, 3.8) is 0 Å². The second-order valence-electron chi connectivity index (χ2n) is 5.08. The number of hydrogen-bond acceptors (Lipinski definition) is 5. The summed E-state index contributed by atoms with van der Waals surface area (Å²) in [4.78, 5) is 0. The zero-order chi connectivity index (χ0) is 16.0. The van der Waals surface area contributed by atoms with Crippen LogP contribution in [0.4, 0.5) is 0 Å². The summed E-state index contributed by atoms with van der Waals surface area (Å²) in [5.74, 6) is 4.56. The number of benzene rings is 2. The molecule has 0 radical (unpaired) electrons. The van der Waals surface area contributed by atoms with E-state index in [1.807, 2.05) is 60.7 Å². The zero-order valence-corrected chi connectivity index (χ0v) is 12.8. The van der Waals surface area contributed by atoms with E-state index >= 15 is 0 Å². The fraction of sp³-hybridized carbons (Fsp3) is 0.250. The third-order valence-electron chi connectivity index (χ3n) is 3.55. The molecule has 2 aromatic carbocycles. The molecule has 2 atom stereocenters. The van der Waals surface area contributed by atoms with Crippen LogP contribution in [0.5, 0.6) is 0 Å². The van der Waals surface area contributed by atoms with Crippen LogP contribution < -0.4 is 5.90 Å². The maximum absolute atomic E-state index is 11.5. The third-order valence-corrected chi connectivity index (χ3v) is 4.68. The molecule has 0 spiro atoms. The van der Waals surface area contributed by atoms with E-state index in [-0.39, 0.29) is 12.3 Å². The molecular formula is C16H19NO4S. The number of aliphatic hydroxyl groups excluding tert-OH is 1. The minimum atomic E-state index is -4.16. The standard InChI is InChI=1S/C16H19NO4S/c17-21-22(19,20)16(18)12-15(14-9-5-2-6-10-14)11-13-7-3-1-4-8-13/h1-10,15-16,18H,11-12,17H2. The molecule has 0 saturated carbocycles. The third kappa shape index (κ3) is 4.38. The maximum atomic E-state index is 11.5. The zero-order valence-electron chi connectivity index (χ0n) is 12.0. The van der Waals surface area contributed by atoms with Crippen molar-refractivity contribution in [2.45, 2.75) is 24.2 Å².